The number of thioether (sulfide) groups is 1. The molecule has 0 bridgehead atoms. The number of allylic oxidation sites excluding steroid dienone is 1. The molecule has 0 fully saturated rings. The van der Waals surface area contributed by atoms with Crippen molar-refractivity contribution in [3.63, 3.8) is 0 Å². The number of unbranched alkanes of at least 4 members (excludes halogenated alkanes) is 2. The molecule has 0 N–H and O–H groups in total. The second-order valence-electron chi connectivity index (χ2n) is 5.20. The highest BCUT2D eigenvalue weighted by Gasteiger charge is 2.17. The summed E-state index contributed by atoms with van der Waals surface area (Å²) in [5, 5.41) is 0. The molecule has 20 heavy (non-hydrogen) atoms. The first-order valence-electron chi connectivity index (χ1n) is 7.41. The van der Waals surface area contributed by atoms with E-state index in [9.17, 15) is 0 Å². The Kier molecular flexibility index (Phi) is 4.27. The predicted octanol–water partition coefficient (Wildman–Crippen LogP) is 5.91. The summed E-state index contributed by atoms with van der Waals surface area (Å²) >= 11 is 1.95. The normalized spacial score (nSPS) is 15.6. The Hall–Kier alpha value is -1.47. The van der Waals surface area contributed by atoms with Gasteiger partial charge in [0.15, 0.2) is 0 Å². The van der Waals surface area contributed by atoms with Gasteiger partial charge in [0, 0.05) is 10.6 Å². The van der Waals surface area contributed by atoms with Crippen LogP contribution < -0.4 is 0 Å². The predicted molar refractivity (Wildman–Crippen MR) is 89.0 cm³/mol. The van der Waals surface area contributed by atoms with Crippen molar-refractivity contribution < 1.29 is 0 Å². The number of hydrogen-bond donors (Lipinski definition) is 0. The zero-order chi connectivity index (χ0) is 13.8. The highest BCUT2D eigenvalue weighted by Crippen LogP contribution is 2.40. The van der Waals surface area contributed by atoms with E-state index in [4.69, 9.17) is 0 Å². The van der Waals surface area contributed by atoms with Gasteiger partial charge in [0.1, 0.15) is 0 Å². The van der Waals surface area contributed by atoms with Gasteiger partial charge in [0.25, 0.3) is 0 Å². The first-order valence-corrected chi connectivity index (χ1v) is 8.39. The Morgan fingerprint density at radius 2 is 1.75 bits per heavy atom. The highest BCUT2D eigenvalue weighted by atomic mass is 32.2. The van der Waals surface area contributed by atoms with Gasteiger partial charge in [-0.1, -0.05) is 68.3 Å². The van der Waals surface area contributed by atoms with Crippen LogP contribution in [0.5, 0.6) is 0 Å². The van der Waals surface area contributed by atoms with Gasteiger partial charge in [0.2, 0.25) is 0 Å². The van der Waals surface area contributed by atoms with E-state index in [0.29, 0.717) is 0 Å². The van der Waals surface area contributed by atoms with Crippen LogP contribution in [0.25, 0.3) is 5.57 Å². The van der Waals surface area contributed by atoms with Crippen LogP contribution in [0.2, 0.25) is 0 Å². The van der Waals surface area contributed by atoms with Crippen LogP contribution in [-0.4, -0.2) is 0 Å². The van der Waals surface area contributed by atoms with Crippen molar-refractivity contribution in [3.8, 4) is 0 Å². The molecule has 0 atom stereocenters. The van der Waals surface area contributed by atoms with Crippen LogP contribution in [0.3, 0.4) is 0 Å². The summed E-state index contributed by atoms with van der Waals surface area (Å²) in [6, 6.07) is 17.7. The van der Waals surface area contributed by atoms with Crippen molar-refractivity contribution in [2.75, 3.05) is 0 Å². The van der Waals surface area contributed by atoms with Crippen LogP contribution in [0.15, 0.2) is 59.5 Å². The van der Waals surface area contributed by atoms with Gasteiger partial charge in [0.05, 0.1) is 0 Å². The molecule has 0 aliphatic carbocycles. The van der Waals surface area contributed by atoms with Gasteiger partial charge in [-0.15, -0.1) is 11.8 Å². The molecule has 102 valence electrons. The van der Waals surface area contributed by atoms with Crippen LogP contribution in [-0.2, 0) is 5.75 Å². The quantitative estimate of drug-likeness (QED) is 0.629. The molecule has 2 aromatic rings. The second-order valence-corrected chi connectivity index (χ2v) is 6.22. The first-order chi connectivity index (χ1) is 9.90. The van der Waals surface area contributed by atoms with Crippen molar-refractivity contribution in [2.24, 2.45) is 0 Å². The lowest BCUT2D eigenvalue weighted by Gasteiger charge is -2.11. The van der Waals surface area contributed by atoms with Crippen molar-refractivity contribution >= 4 is 17.3 Å². The third-order valence-electron chi connectivity index (χ3n) is 3.77. The van der Waals surface area contributed by atoms with Crippen molar-refractivity contribution in [1.29, 1.82) is 0 Å². The van der Waals surface area contributed by atoms with E-state index < -0.39 is 0 Å². The molecule has 1 aliphatic rings. The second kappa shape index (κ2) is 6.32. The SMILES string of the molecule is CCCCC=C1c2ccccc2CSc2ccccc21. The minimum absolute atomic E-state index is 1.07. The summed E-state index contributed by atoms with van der Waals surface area (Å²) in [5.41, 5.74) is 5.70. The zero-order valence-electron chi connectivity index (χ0n) is 11.9. The van der Waals surface area contributed by atoms with E-state index in [1.807, 2.05) is 11.8 Å². The maximum atomic E-state index is 2.44. The molecule has 1 heterocycles. The fourth-order valence-corrected chi connectivity index (χ4v) is 3.77. The summed E-state index contributed by atoms with van der Waals surface area (Å²) in [6.45, 7) is 2.25. The Morgan fingerprint density at radius 1 is 1.00 bits per heavy atom. The summed E-state index contributed by atoms with van der Waals surface area (Å²) in [4.78, 5) is 1.41. The van der Waals surface area contributed by atoms with Crippen LogP contribution in [0, 0.1) is 0 Å². The number of rotatable bonds is 3. The smallest absolute Gasteiger partial charge is 0.0238 e. The number of hydrogen-bond acceptors (Lipinski definition) is 1. The first kappa shape index (κ1) is 13.5. The molecule has 0 amide bonds. The minimum atomic E-state index is 1.07. The molecule has 0 saturated heterocycles. The maximum absolute atomic E-state index is 2.44. The lowest BCUT2D eigenvalue weighted by atomic mass is 9.93. The molecule has 0 nitrogen and oxygen atoms in total. The van der Waals surface area contributed by atoms with Crippen molar-refractivity contribution in [1.82, 2.24) is 0 Å². The minimum Gasteiger partial charge on any atom is -0.121 e. The lowest BCUT2D eigenvalue weighted by molar-refractivity contribution is 0.815. The summed E-state index contributed by atoms with van der Waals surface area (Å²) in [6.07, 6.45) is 6.12. The van der Waals surface area contributed by atoms with Gasteiger partial charge in [-0.3, -0.25) is 0 Å². The molecule has 2 aromatic carbocycles. The van der Waals surface area contributed by atoms with E-state index in [1.165, 1.54) is 46.4 Å². The Morgan fingerprint density at radius 3 is 2.60 bits per heavy atom. The summed E-state index contributed by atoms with van der Waals surface area (Å²) < 4.78 is 0. The van der Waals surface area contributed by atoms with Crippen LogP contribution in [0.1, 0.15) is 42.9 Å². The molecule has 3 rings (SSSR count). The number of fused-ring (bicyclic) bond motifs is 2. The van der Waals surface area contributed by atoms with E-state index in [1.54, 1.807) is 0 Å². The van der Waals surface area contributed by atoms with E-state index in [-0.39, 0.29) is 0 Å². The molecular formula is C19H20S. The van der Waals surface area contributed by atoms with Crippen molar-refractivity contribution in [3.05, 3.63) is 71.3 Å². The summed E-state index contributed by atoms with van der Waals surface area (Å²) in [5.74, 6) is 1.07. The highest BCUT2D eigenvalue weighted by molar-refractivity contribution is 7.98. The third-order valence-corrected chi connectivity index (χ3v) is 4.90. The third kappa shape index (κ3) is 2.69. The fraction of sp³-hybridized carbons (Fsp3) is 0.263. The largest absolute Gasteiger partial charge is 0.121 e. The average Bonchev–Trinajstić information content (AvgIpc) is 2.66. The molecule has 1 heteroatoms. The Balaban J connectivity index is 2.11. The molecule has 0 unspecified atom stereocenters. The van der Waals surface area contributed by atoms with Gasteiger partial charge < -0.3 is 0 Å². The van der Waals surface area contributed by atoms with E-state index in [2.05, 4.69) is 61.5 Å². The maximum Gasteiger partial charge on any atom is 0.0238 e. The average molecular weight is 280 g/mol. The molecule has 0 saturated carbocycles. The van der Waals surface area contributed by atoms with Gasteiger partial charge in [-0.2, -0.15) is 0 Å². The van der Waals surface area contributed by atoms with Crippen LogP contribution >= 0.6 is 11.8 Å². The van der Waals surface area contributed by atoms with Crippen LogP contribution in [0.4, 0.5) is 0 Å². The molecule has 0 spiro atoms. The standard InChI is InChI=1S/C19H20S/c1-2-3-4-11-17-16-10-6-5-9-15(16)14-20-19-13-8-7-12-18(17)19/h5-13H,2-4,14H2,1H3. The monoisotopic (exact) mass is 280 g/mol. The fourth-order valence-electron chi connectivity index (χ4n) is 2.69. The Bertz CT molecular complexity index is 576. The molecular weight excluding hydrogens is 260 g/mol. The van der Waals surface area contributed by atoms with Gasteiger partial charge in [-0.05, 0) is 34.8 Å². The van der Waals surface area contributed by atoms with Gasteiger partial charge >= 0.3 is 0 Å². The topological polar surface area (TPSA) is 0 Å². The van der Waals surface area contributed by atoms with E-state index >= 15 is 0 Å². The molecule has 0 radical (unpaired) electrons. The van der Waals surface area contributed by atoms with E-state index in [0.717, 1.165) is 5.75 Å². The lowest BCUT2D eigenvalue weighted by Crippen LogP contribution is -1.91. The van der Waals surface area contributed by atoms with Gasteiger partial charge in [-0.25, -0.2) is 0 Å². The van der Waals surface area contributed by atoms with Crippen molar-refractivity contribution in [2.45, 2.75) is 36.8 Å². The number of benzene rings is 2. The molecule has 1 aliphatic heterocycles. The molecule has 0 aromatic heterocycles. The zero-order valence-corrected chi connectivity index (χ0v) is 12.7. The Labute approximate surface area is 125 Å². The summed E-state index contributed by atoms with van der Waals surface area (Å²) in [7, 11) is 0.